The van der Waals surface area contributed by atoms with Crippen molar-refractivity contribution in [1.29, 1.82) is 0 Å². The van der Waals surface area contributed by atoms with Crippen molar-refractivity contribution in [1.82, 2.24) is 5.32 Å². The molecule has 1 N–H and O–H groups in total. The molecular weight excluding hydrogens is 214 g/mol. The Labute approximate surface area is 102 Å². The number of nitrogens with one attached hydrogen (secondary N) is 1. The van der Waals surface area contributed by atoms with Crippen LogP contribution in [0.1, 0.15) is 25.3 Å². The number of hydrogen-bond donors (Lipinski definition) is 1. The highest BCUT2D eigenvalue weighted by Crippen LogP contribution is 2.17. The molecule has 2 unspecified atom stereocenters. The number of carbonyl (C=O) groups is 1. The SMILES string of the molecule is CC1CCCNC1C(=O)OCc1ccccc1. The second-order valence-corrected chi connectivity index (χ2v) is 4.64. The number of hydrogen-bond acceptors (Lipinski definition) is 3. The Morgan fingerprint density at radius 2 is 2.18 bits per heavy atom. The van der Waals surface area contributed by atoms with Crippen LogP contribution in [0.5, 0.6) is 0 Å². The Bertz CT molecular complexity index is 364. The zero-order chi connectivity index (χ0) is 12.1. The van der Waals surface area contributed by atoms with Gasteiger partial charge >= 0.3 is 5.97 Å². The summed E-state index contributed by atoms with van der Waals surface area (Å²) in [4.78, 5) is 11.9. The standard InChI is InChI=1S/C14H19NO2/c1-11-6-5-9-15-13(11)14(16)17-10-12-7-3-2-4-8-12/h2-4,7-8,11,13,15H,5-6,9-10H2,1H3. The van der Waals surface area contributed by atoms with Gasteiger partial charge in [-0.1, -0.05) is 37.3 Å². The Kier molecular flexibility index (Phi) is 4.15. The first-order valence-corrected chi connectivity index (χ1v) is 6.21. The van der Waals surface area contributed by atoms with Gasteiger partial charge in [0.25, 0.3) is 0 Å². The van der Waals surface area contributed by atoms with Crippen molar-refractivity contribution in [3.05, 3.63) is 35.9 Å². The lowest BCUT2D eigenvalue weighted by Crippen LogP contribution is -2.46. The molecule has 3 heteroatoms. The molecule has 0 spiro atoms. The minimum atomic E-state index is -0.132. The van der Waals surface area contributed by atoms with Crippen LogP contribution in [-0.4, -0.2) is 18.6 Å². The van der Waals surface area contributed by atoms with Crippen LogP contribution in [-0.2, 0) is 16.1 Å². The third-order valence-corrected chi connectivity index (χ3v) is 3.25. The molecule has 1 aliphatic rings. The quantitative estimate of drug-likeness (QED) is 0.813. The molecular formula is C14H19NO2. The van der Waals surface area contributed by atoms with E-state index >= 15 is 0 Å². The van der Waals surface area contributed by atoms with E-state index in [9.17, 15) is 4.79 Å². The highest BCUT2D eigenvalue weighted by Gasteiger charge is 2.28. The lowest BCUT2D eigenvalue weighted by molar-refractivity contribution is -0.149. The van der Waals surface area contributed by atoms with E-state index in [0.29, 0.717) is 12.5 Å². The van der Waals surface area contributed by atoms with E-state index in [-0.39, 0.29) is 12.0 Å². The highest BCUT2D eigenvalue weighted by molar-refractivity contribution is 5.76. The van der Waals surface area contributed by atoms with Gasteiger partial charge in [-0.2, -0.15) is 0 Å². The smallest absolute Gasteiger partial charge is 0.323 e. The van der Waals surface area contributed by atoms with Crippen molar-refractivity contribution < 1.29 is 9.53 Å². The predicted molar refractivity (Wildman–Crippen MR) is 66.4 cm³/mol. The zero-order valence-corrected chi connectivity index (χ0v) is 10.2. The van der Waals surface area contributed by atoms with Gasteiger partial charge in [0.2, 0.25) is 0 Å². The fourth-order valence-electron chi connectivity index (χ4n) is 2.18. The van der Waals surface area contributed by atoms with Gasteiger partial charge < -0.3 is 10.1 Å². The number of benzene rings is 1. The Hall–Kier alpha value is -1.35. The van der Waals surface area contributed by atoms with Crippen LogP contribution in [0.2, 0.25) is 0 Å². The van der Waals surface area contributed by atoms with Gasteiger partial charge in [-0.25, -0.2) is 0 Å². The number of ether oxygens (including phenoxy) is 1. The summed E-state index contributed by atoms with van der Waals surface area (Å²) in [6.45, 7) is 3.38. The first-order chi connectivity index (χ1) is 8.27. The molecule has 2 atom stereocenters. The molecule has 0 bridgehead atoms. The molecule has 3 nitrogen and oxygen atoms in total. The summed E-state index contributed by atoms with van der Waals surface area (Å²) in [6.07, 6.45) is 2.24. The van der Waals surface area contributed by atoms with Crippen molar-refractivity contribution >= 4 is 5.97 Å². The lowest BCUT2D eigenvalue weighted by Gasteiger charge is -2.28. The molecule has 1 saturated heterocycles. The van der Waals surface area contributed by atoms with Crippen molar-refractivity contribution in [2.75, 3.05) is 6.54 Å². The van der Waals surface area contributed by atoms with Crippen LogP contribution >= 0.6 is 0 Å². The van der Waals surface area contributed by atoms with E-state index in [0.717, 1.165) is 24.9 Å². The summed E-state index contributed by atoms with van der Waals surface area (Å²) < 4.78 is 5.34. The minimum absolute atomic E-state index is 0.124. The van der Waals surface area contributed by atoms with Crippen LogP contribution in [0, 0.1) is 5.92 Å². The topological polar surface area (TPSA) is 38.3 Å². The maximum absolute atomic E-state index is 11.9. The highest BCUT2D eigenvalue weighted by atomic mass is 16.5. The third kappa shape index (κ3) is 3.30. The summed E-state index contributed by atoms with van der Waals surface area (Å²) in [5.74, 6) is 0.244. The average molecular weight is 233 g/mol. The molecule has 92 valence electrons. The number of carbonyl (C=O) groups excluding carboxylic acids is 1. The number of piperidine rings is 1. The molecule has 1 aliphatic heterocycles. The molecule has 2 rings (SSSR count). The van der Waals surface area contributed by atoms with Gasteiger partial charge in [0.05, 0.1) is 0 Å². The number of rotatable bonds is 3. The molecule has 0 saturated carbocycles. The first kappa shape index (κ1) is 12.1. The van der Waals surface area contributed by atoms with E-state index in [1.54, 1.807) is 0 Å². The van der Waals surface area contributed by atoms with Crippen molar-refractivity contribution in [3.63, 3.8) is 0 Å². The molecule has 1 aromatic rings. The van der Waals surface area contributed by atoms with Crippen LogP contribution in [0.3, 0.4) is 0 Å². The fraction of sp³-hybridized carbons (Fsp3) is 0.500. The average Bonchev–Trinajstić information content (AvgIpc) is 2.38. The van der Waals surface area contributed by atoms with Crippen LogP contribution in [0.4, 0.5) is 0 Å². The third-order valence-electron chi connectivity index (χ3n) is 3.25. The Balaban J connectivity index is 1.84. The van der Waals surface area contributed by atoms with E-state index in [1.807, 2.05) is 30.3 Å². The molecule has 1 fully saturated rings. The largest absolute Gasteiger partial charge is 0.460 e. The summed E-state index contributed by atoms with van der Waals surface area (Å²) in [7, 11) is 0. The fourth-order valence-corrected chi connectivity index (χ4v) is 2.18. The van der Waals surface area contributed by atoms with Crippen molar-refractivity contribution in [3.8, 4) is 0 Å². The van der Waals surface area contributed by atoms with E-state index in [4.69, 9.17) is 4.74 Å². The maximum Gasteiger partial charge on any atom is 0.323 e. The maximum atomic E-state index is 11.9. The molecule has 0 aliphatic carbocycles. The van der Waals surface area contributed by atoms with Gasteiger partial charge in [0.1, 0.15) is 12.6 Å². The Morgan fingerprint density at radius 1 is 1.41 bits per heavy atom. The molecule has 0 aromatic heterocycles. The van der Waals surface area contributed by atoms with E-state index < -0.39 is 0 Å². The second-order valence-electron chi connectivity index (χ2n) is 4.64. The first-order valence-electron chi connectivity index (χ1n) is 6.21. The van der Waals surface area contributed by atoms with Crippen molar-refractivity contribution in [2.45, 2.75) is 32.4 Å². The predicted octanol–water partition coefficient (Wildman–Crippen LogP) is 2.12. The molecule has 17 heavy (non-hydrogen) atoms. The monoisotopic (exact) mass is 233 g/mol. The van der Waals surface area contributed by atoms with Crippen molar-refractivity contribution in [2.24, 2.45) is 5.92 Å². The zero-order valence-electron chi connectivity index (χ0n) is 10.2. The summed E-state index contributed by atoms with van der Waals surface area (Å²) >= 11 is 0. The molecule has 1 heterocycles. The van der Waals surface area contributed by atoms with E-state index in [1.165, 1.54) is 0 Å². The van der Waals surface area contributed by atoms with Gasteiger partial charge in [-0.15, -0.1) is 0 Å². The van der Waals surface area contributed by atoms with Gasteiger partial charge in [0.15, 0.2) is 0 Å². The lowest BCUT2D eigenvalue weighted by atomic mass is 9.93. The molecule has 1 aromatic carbocycles. The second kappa shape index (κ2) is 5.82. The van der Waals surface area contributed by atoms with Gasteiger partial charge in [-0.3, -0.25) is 4.79 Å². The number of esters is 1. The normalized spacial score (nSPS) is 24.3. The molecule has 0 radical (unpaired) electrons. The summed E-state index contributed by atoms with van der Waals surface area (Å²) in [5, 5.41) is 3.23. The Morgan fingerprint density at radius 3 is 2.88 bits per heavy atom. The van der Waals surface area contributed by atoms with Crippen LogP contribution in [0.25, 0.3) is 0 Å². The summed E-state index contributed by atoms with van der Waals surface area (Å²) in [6, 6.07) is 9.65. The molecule has 0 amide bonds. The van der Waals surface area contributed by atoms with Crippen LogP contribution < -0.4 is 5.32 Å². The summed E-state index contributed by atoms with van der Waals surface area (Å²) in [5.41, 5.74) is 1.03. The van der Waals surface area contributed by atoms with Gasteiger partial charge in [-0.05, 0) is 30.9 Å². The van der Waals surface area contributed by atoms with Crippen LogP contribution in [0.15, 0.2) is 30.3 Å². The van der Waals surface area contributed by atoms with Gasteiger partial charge in [0, 0.05) is 0 Å². The van der Waals surface area contributed by atoms with E-state index in [2.05, 4.69) is 12.2 Å². The minimum Gasteiger partial charge on any atom is -0.460 e.